The van der Waals surface area contributed by atoms with Crippen molar-refractivity contribution in [1.82, 2.24) is 9.62 Å². The maximum absolute atomic E-state index is 14.2. The second-order valence-corrected chi connectivity index (χ2v) is 8.89. The van der Waals surface area contributed by atoms with E-state index in [4.69, 9.17) is 0 Å². The van der Waals surface area contributed by atoms with Gasteiger partial charge in [0, 0.05) is 24.7 Å². The van der Waals surface area contributed by atoms with Gasteiger partial charge >= 0.3 is 0 Å². The highest BCUT2D eigenvalue weighted by atomic mass is 32.2. The summed E-state index contributed by atoms with van der Waals surface area (Å²) in [6.07, 6.45) is 6.63. The van der Waals surface area contributed by atoms with Crippen LogP contribution in [0, 0.1) is 5.82 Å². The summed E-state index contributed by atoms with van der Waals surface area (Å²) in [6, 6.07) is 3.54. The minimum absolute atomic E-state index is 0.0127. The van der Waals surface area contributed by atoms with E-state index in [1.54, 1.807) is 0 Å². The molecule has 0 saturated carbocycles. The SMILES string of the molecule is CCCCCC(C)NC(=O)c1ccc(F)c(S(=O)(=O)N2CCCCC2)c1. The van der Waals surface area contributed by atoms with E-state index in [2.05, 4.69) is 12.2 Å². The third-order valence-electron chi connectivity index (χ3n) is 4.74. The normalized spacial score (nSPS) is 17.0. The Hall–Kier alpha value is -1.47. The fraction of sp³-hybridized carbons (Fsp3) is 0.632. The number of amides is 1. The third-order valence-corrected chi connectivity index (χ3v) is 6.66. The molecule has 0 spiro atoms. The lowest BCUT2D eigenvalue weighted by atomic mass is 10.1. The largest absolute Gasteiger partial charge is 0.350 e. The van der Waals surface area contributed by atoms with Crippen molar-refractivity contribution in [2.45, 2.75) is 69.7 Å². The molecule has 1 heterocycles. The summed E-state index contributed by atoms with van der Waals surface area (Å²) in [5.41, 5.74) is 0.171. The van der Waals surface area contributed by atoms with Gasteiger partial charge in [-0.25, -0.2) is 12.8 Å². The smallest absolute Gasteiger partial charge is 0.251 e. The van der Waals surface area contributed by atoms with Crippen molar-refractivity contribution in [1.29, 1.82) is 0 Å². The average molecular weight is 385 g/mol. The standard InChI is InChI=1S/C19H29FN2O3S/c1-3-4-6-9-15(2)21-19(23)16-10-11-17(20)18(14-16)26(24,25)22-12-7-5-8-13-22/h10-11,14-15H,3-9,12-13H2,1-2H3,(H,21,23). The van der Waals surface area contributed by atoms with Gasteiger partial charge in [-0.1, -0.05) is 32.6 Å². The zero-order valence-electron chi connectivity index (χ0n) is 15.6. The van der Waals surface area contributed by atoms with Crippen LogP contribution in [0.5, 0.6) is 0 Å². The Balaban J connectivity index is 2.14. The first-order valence-electron chi connectivity index (χ1n) is 9.47. The van der Waals surface area contributed by atoms with Crippen molar-refractivity contribution in [2.24, 2.45) is 0 Å². The van der Waals surface area contributed by atoms with Gasteiger partial charge in [0.25, 0.3) is 5.91 Å². The van der Waals surface area contributed by atoms with Gasteiger partial charge in [0.2, 0.25) is 10.0 Å². The molecule has 146 valence electrons. The number of nitrogens with one attached hydrogen (secondary N) is 1. The van der Waals surface area contributed by atoms with E-state index in [0.29, 0.717) is 13.1 Å². The van der Waals surface area contributed by atoms with Crippen LogP contribution in [0.3, 0.4) is 0 Å². The lowest BCUT2D eigenvalue weighted by Gasteiger charge is -2.26. The first-order valence-corrected chi connectivity index (χ1v) is 10.9. The second-order valence-electron chi connectivity index (χ2n) is 6.98. The van der Waals surface area contributed by atoms with Gasteiger partial charge < -0.3 is 5.32 Å². The second kappa shape index (κ2) is 9.46. The summed E-state index contributed by atoms with van der Waals surface area (Å²) in [5, 5.41) is 2.86. The molecule has 5 nitrogen and oxygen atoms in total. The Bertz CT molecular complexity index is 715. The Kier molecular flexibility index (Phi) is 7.58. The van der Waals surface area contributed by atoms with Gasteiger partial charge in [-0.2, -0.15) is 4.31 Å². The fourth-order valence-corrected chi connectivity index (χ4v) is 4.77. The minimum atomic E-state index is -3.92. The van der Waals surface area contributed by atoms with Crippen molar-refractivity contribution in [3.63, 3.8) is 0 Å². The third kappa shape index (κ3) is 5.27. The zero-order chi connectivity index (χ0) is 19.2. The van der Waals surface area contributed by atoms with E-state index in [0.717, 1.165) is 57.1 Å². The van der Waals surface area contributed by atoms with Crippen molar-refractivity contribution in [3.05, 3.63) is 29.6 Å². The van der Waals surface area contributed by atoms with Crippen LogP contribution in [-0.4, -0.2) is 37.8 Å². The Labute approximate surface area is 156 Å². The molecule has 1 aromatic rings. The predicted molar refractivity (Wildman–Crippen MR) is 100 cm³/mol. The first kappa shape index (κ1) is 20.8. The van der Waals surface area contributed by atoms with Gasteiger partial charge in [-0.3, -0.25) is 4.79 Å². The van der Waals surface area contributed by atoms with Gasteiger partial charge in [0.15, 0.2) is 0 Å². The summed E-state index contributed by atoms with van der Waals surface area (Å²) in [6.45, 7) is 4.83. The van der Waals surface area contributed by atoms with Crippen LogP contribution >= 0.6 is 0 Å². The van der Waals surface area contributed by atoms with E-state index >= 15 is 0 Å². The van der Waals surface area contributed by atoms with Crippen LogP contribution < -0.4 is 5.32 Å². The number of carbonyl (C=O) groups is 1. The molecule has 1 N–H and O–H groups in total. The monoisotopic (exact) mass is 384 g/mol. The van der Waals surface area contributed by atoms with Crippen LogP contribution in [0.25, 0.3) is 0 Å². The van der Waals surface area contributed by atoms with E-state index in [1.807, 2.05) is 6.92 Å². The molecule has 1 amide bonds. The molecule has 26 heavy (non-hydrogen) atoms. The summed E-state index contributed by atoms with van der Waals surface area (Å²) in [7, 11) is -3.92. The Morgan fingerprint density at radius 2 is 1.92 bits per heavy atom. The molecule has 1 aliphatic rings. The van der Waals surface area contributed by atoms with E-state index < -0.39 is 20.7 Å². The number of sulfonamides is 1. The molecular weight excluding hydrogens is 355 g/mol. The quantitative estimate of drug-likeness (QED) is 0.695. The van der Waals surface area contributed by atoms with Gasteiger partial charge in [-0.05, 0) is 44.4 Å². The summed E-state index contributed by atoms with van der Waals surface area (Å²) >= 11 is 0. The molecular formula is C19H29FN2O3S. The number of piperidine rings is 1. The van der Waals surface area contributed by atoms with Crippen LogP contribution in [-0.2, 0) is 10.0 Å². The summed E-state index contributed by atoms with van der Waals surface area (Å²) in [5.74, 6) is -1.19. The van der Waals surface area contributed by atoms with Crippen LogP contribution in [0.15, 0.2) is 23.1 Å². The molecule has 0 bridgehead atoms. The average Bonchev–Trinajstić information content (AvgIpc) is 2.62. The highest BCUT2D eigenvalue weighted by Crippen LogP contribution is 2.24. The molecule has 1 aromatic carbocycles. The van der Waals surface area contributed by atoms with E-state index in [1.165, 1.54) is 10.4 Å². The van der Waals surface area contributed by atoms with Crippen LogP contribution in [0.2, 0.25) is 0 Å². The van der Waals surface area contributed by atoms with E-state index in [9.17, 15) is 17.6 Å². The predicted octanol–water partition coefficient (Wildman–Crippen LogP) is 3.70. The number of nitrogens with zero attached hydrogens (tertiary/aromatic N) is 1. The minimum Gasteiger partial charge on any atom is -0.350 e. The molecule has 0 radical (unpaired) electrons. The Morgan fingerprint density at radius 3 is 2.58 bits per heavy atom. The van der Waals surface area contributed by atoms with Crippen molar-refractivity contribution >= 4 is 15.9 Å². The molecule has 1 fully saturated rings. The molecule has 0 aromatic heterocycles. The molecule has 2 rings (SSSR count). The number of halogens is 1. The van der Waals surface area contributed by atoms with Crippen LogP contribution in [0.4, 0.5) is 4.39 Å². The molecule has 0 aliphatic carbocycles. The number of unbranched alkanes of at least 4 members (excludes halogenated alkanes) is 2. The summed E-state index contributed by atoms with van der Waals surface area (Å²) in [4.78, 5) is 12.0. The number of hydrogen-bond acceptors (Lipinski definition) is 3. The van der Waals surface area contributed by atoms with Gasteiger partial charge in [0.1, 0.15) is 10.7 Å². The highest BCUT2D eigenvalue weighted by Gasteiger charge is 2.29. The van der Waals surface area contributed by atoms with Gasteiger partial charge in [0.05, 0.1) is 0 Å². The van der Waals surface area contributed by atoms with Crippen molar-refractivity contribution in [2.75, 3.05) is 13.1 Å². The molecule has 1 atom stereocenters. The molecule has 1 saturated heterocycles. The number of rotatable bonds is 8. The number of carbonyl (C=O) groups excluding carboxylic acids is 1. The summed E-state index contributed by atoms with van der Waals surface area (Å²) < 4.78 is 41.0. The molecule has 1 unspecified atom stereocenters. The first-order chi connectivity index (χ1) is 12.4. The Morgan fingerprint density at radius 1 is 1.23 bits per heavy atom. The lowest BCUT2D eigenvalue weighted by Crippen LogP contribution is -2.36. The van der Waals surface area contributed by atoms with Gasteiger partial charge in [-0.15, -0.1) is 0 Å². The fourth-order valence-electron chi connectivity index (χ4n) is 3.17. The maximum atomic E-state index is 14.2. The van der Waals surface area contributed by atoms with Crippen molar-refractivity contribution in [3.8, 4) is 0 Å². The maximum Gasteiger partial charge on any atom is 0.251 e. The number of hydrogen-bond donors (Lipinski definition) is 1. The molecule has 7 heteroatoms. The van der Waals surface area contributed by atoms with Crippen molar-refractivity contribution < 1.29 is 17.6 Å². The topological polar surface area (TPSA) is 66.5 Å². The van der Waals surface area contributed by atoms with E-state index in [-0.39, 0.29) is 17.5 Å². The lowest BCUT2D eigenvalue weighted by molar-refractivity contribution is 0.0937. The number of benzene rings is 1. The highest BCUT2D eigenvalue weighted by molar-refractivity contribution is 7.89. The van der Waals surface area contributed by atoms with Crippen LogP contribution in [0.1, 0.15) is 69.2 Å². The molecule has 1 aliphatic heterocycles. The zero-order valence-corrected chi connectivity index (χ0v) is 16.4.